The lowest BCUT2D eigenvalue weighted by Gasteiger charge is -2.19. The van der Waals surface area contributed by atoms with E-state index in [0.717, 1.165) is 11.4 Å². The lowest BCUT2D eigenvalue weighted by atomic mass is 9.95. The first kappa shape index (κ1) is 35.4. The van der Waals surface area contributed by atoms with Crippen LogP contribution in [0.3, 0.4) is 0 Å². The second-order valence-corrected chi connectivity index (χ2v) is 16.4. The highest BCUT2D eigenvalue weighted by Gasteiger charge is 2.25. The third-order valence-electron chi connectivity index (χ3n) is 13.0. The summed E-state index contributed by atoms with van der Waals surface area (Å²) < 4.78 is 7.48. The second kappa shape index (κ2) is 14.1. The predicted molar refractivity (Wildman–Crippen MR) is 266 cm³/mol. The first-order valence-electron chi connectivity index (χ1n) is 21.7. The molecule has 0 atom stereocenters. The number of hydrogen-bond donors (Lipinski definition) is 0. The first-order valence-corrected chi connectivity index (χ1v) is 21.7. The van der Waals surface area contributed by atoms with Gasteiger partial charge in [0.05, 0.1) is 44.5 Å². The van der Waals surface area contributed by atoms with Gasteiger partial charge in [-0.1, -0.05) is 188 Å². The smallest absolute Gasteiger partial charge is 0.0641 e. The Balaban J connectivity index is 1.14. The van der Waals surface area contributed by atoms with Gasteiger partial charge >= 0.3 is 0 Å². The van der Waals surface area contributed by atoms with Gasteiger partial charge in [0, 0.05) is 54.7 Å². The highest BCUT2D eigenvalue weighted by Crippen LogP contribution is 2.47. The van der Waals surface area contributed by atoms with Crippen LogP contribution in [0.1, 0.15) is 0 Å². The molecule has 0 spiro atoms. The van der Waals surface area contributed by atoms with Crippen molar-refractivity contribution in [1.29, 1.82) is 0 Å². The summed E-state index contributed by atoms with van der Waals surface area (Å²) in [5, 5.41) is 7.41. The van der Waals surface area contributed by atoms with E-state index in [1.165, 1.54) is 104 Å². The van der Waals surface area contributed by atoms with Crippen LogP contribution in [0.15, 0.2) is 237 Å². The van der Waals surface area contributed by atoms with Crippen LogP contribution in [0.25, 0.3) is 116 Å². The number of hydrogen-bond acceptors (Lipinski definition) is 0. The molecular weight excluding hydrogens is 763 g/mol. The summed E-state index contributed by atoms with van der Waals surface area (Å²) in [4.78, 5) is 0. The Morgan fingerprint density at radius 1 is 0.238 bits per heavy atom. The van der Waals surface area contributed by atoms with Crippen molar-refractivity contribution in [3.63, 3.8) is 0 Å². The molecule has 0 saturated heterocycles. The van der Waals surface area contributed by atoms with Crippen LogP contribution in [0, 0.1) is 0 Å². The average Bonchev–Trinajstić information content (AvgIpc) is 4.00. The molecule has 13 rings (SSSR count). The van der Waals surface area contributed by atoms with E-state index in [-0.39, 0.29) is 0 Å². The molecule has 0 N–H and O–H groups in total. The zero-order chi connectivity index (χ0) is 41.4. The molecule has 3 heterocycles. The summed E-state index contributed by atoms with van der Waals surface area (Å²) in [5.41, 5.74) is 17.7. The topological polar surface area (TPSA) is 14.8 Å². The van der Waals surface area contributed by atoms with Crippen molar-refractivity contribution in [3.05, 3.63) is 237 Å². The molecule has 0 amide bonds. The molecule has 0 saturated carbocycles. The Hall–Kier alpha value is -8.40. The highest BCUT2D eigenvalue weighted by molar-refractivity contribution is 6.26. The van der Waals surface area contributed by atoms with E-state index in [1.54, 1.807) is 0 Å². The van der Waals surface area contributed by atoms with Crippen molar-refractivity contribution in [1.82, 2.24) is 13.7 Å². The largest absolute Gasteiger partial charge is 0.309 e. The van der Waals surface area contributed by atoms with Crippen LogP contribution >= 0.6 is 0 Å². The molecule has 3 heteroatoms. The van der Waals surface area contributed by atoms with Crippen LogP contribution in [-0.4, -0.2) is 13.7 Å². The monoisotopic (exact) mass is 801 g/mol. The minimum absolute atomic E-state index is 1.15. The predicted octanol–water partition coefficient (Wildman–Crippen LogP) is 16.0. The zero-order valence-corrected chi connectivity index (χ0v) is 34.4. The van der Waals surface area contributed by atoms with Crippen LogP contribution in [0.4, 0.5) is 0 Å². The molecule has 13 aromatic rings. The molecule has 63 heavy (non-hydrogen) atoms. The van der Waals surface area contributed by atoms with Crippen molar-refractivity contribution >= 4 is 65.4 Å². The fourth-order valence-electron chi connectivity index (χ4n) is 10.5. The fraction of sp³-hybridized carbons (Fsp3) is 0. The van der Waals surface area contributed by atoms with Crippen LogP contribution in [0.5, 0.6) is 0 Å². The maximum atomic E-state index is 2.54. The van der Waals surface area contributed by atoms with Crippen molar-refractivity contribution in [2.75, 3.05) is 0 Å². The highest BCUT2D eigenvalue weighted by atomic mass is 15.0. The average molecular weight is 802 g/mol. The molecule has 0 aliphatic carbocycles. The number of aromatic nitrogens is 3. The SMILES string of the molecule is c1ccc(-c2cccc(-c3ccccc3)c2-n2c3ccccc3c3c(-c4ccccc4-n4c5ccccc5c5ccc6c(c7ccccc7n6-c6ccccc6)c54)cccc32)cc1. The summed E-state index contributed by atoms with van der Waals surface area (Å²) >= 11 is 0. The quantitative estimate of drug-likeness (QED) is 0.159. The maximum Gasteiger partial charge on any atom is 0.0641 e. The van der Waals surface area contributed by atoms with Crippen molar-refractivity contribution in [2.24, 2.45) is 0 Å². The van der Waals surface area contributed by atoms with Gasteiger partial charge in [-0.2, -0.15) is 0 Å². The summed E-state index contributed by atoms with van der Waals surface area (Å²) in [7, 11) is 0. The Morgan fingerprint density at radius 2 is 0.698 bits per heavy atom. The van der Waals surface area contributed by atoms with E-state index >= 15 is 0 Å². The number of fused-ring (bicyclic) bond motifs is 10. The molecule has 0 aliphatic rings. The fourth-order valence-corrected chi connectivity index (χ4v) is 10.5. The van der Waals surface area contributed by atoms with Gasteiger partial charge in [-0.05, 0) is 65.2 Å². The normalized spacial score (nSPS) is 11.8. The Bertz CT molecular complexity index is 3830. The van der Waals surface area contributed by atoms with E-state index in [4.69, 9.17) is 0 Å². The molecule has 294 valence electrons. The summed E-state index contributed by atoms with van der Waals surface area (Å²) in [5.74, 6) is 0. The second-order valence-electron chi connectivity index (χ2n) is 16.4. The Kier molecular flexibility index (Phi) is 7.91. The third-order valence-corrected chi connectivity index (χ3v) is 13.0. The molecule has 3 aromatic heterocycles. The molecule has 0 fully saturated rings. The van der Waals surface area contributed by atoms with Crippen LogP contribution in [-0.2, 0) is 0 Å². The molecule has 0 bridgehead atoms. The standard InChI is InChI=1S/C60H39N3/c1-4-20-40(21-5-1)43-30-18-31-44(41-22-6-2-7-23-41)59(43)63-54-36-17-12-28-49(54)57-47(32-19-37-55(57)63)45-26-10-14-33-51(45)62-52-34-15-11-27-46(52)48-38-39-56-58(60(48)62)50-29-13-16-35-53(50)61(56)42-24-8-3-9-25-42/h1-39H. The van der Waals surface area contributed by atoms with Gasteiger partial charge < -0.3 is 13.7 Å². The molecular formula is C60H39N3. The number of rotatable bonds is 6. The van der Waals surface area contributed by atoms with Gasteiger partial charge in [0.25, 0.3) is 0 Å². The minimum atomic E-state index is 1.15. The maximum absolute atomic E-state index is 2.54. The van der Waals surface area contributed by atoms with Gasteiger partial charge in [-0.25, -0.2) is 0 Å². The van der Waals surface area contributed by atoms with Gasteiger partial charge in [0.15, 0.2) is 0 Å². The van der Waals surface area contributed by atoms with Crippen molar-refractivity contribution < 1.29 is 0 Å². The minimum Gasteiger partial charge on any atom is -0.309 e. The van der Waals surface area contributed by atoms with Gasteiger partial charge in [-0.15, -0.1) is 0 Å². The lowest BCUT2D eigenvalue weighted by molar-refractivity contribution is 1.17. The van der Waals surface area contributed by atoms with E-state index in [0.29, 0.717) is 0 Å². The molecule has 10 aromatic carbocycles. The first-order chi connectivity index (χ1) is 31.3. The van der Waals surface area contributed by atoms with Crippen LogP contribution < -0.4 is 0 Å². The van der Waals surface area contributed by atoms with Gasteiger partial charge in [0.2, 0.25) is 0 Å². The lowest BCUT2D eigenvalue weighted by Crippen LogP contribution is -2.01. The Morgan fingerprint density at radius 3 is 1.38 bits per heavy atom. The number of para-hydroxylation sites is 6. The molecule has 0 aliphatic heterocycles. The van der Waals surface area contributed by atoms with Crippen LogP contribution in [0.2, 0.25) is 0 Å². The van der Waals surface area contributed by atoms with E-state index in [9.17, 15) is 0 Å². The van der Waals surface area contributed by atoms with Gasteiger partial charge in [-0.3, -0.25) is 0 Å². The van der Waals surface area contributed by atoms with Crippen molar-refractivity contribution in [2.45, 2.75) is 0 Å². The third kappa shape index (κ3) is 5.27. The zero-order valence-electron chi connectivity index (χ0n) is 34.4. The number of nitrogens with zero attached hydrogens (tertiary/aromatic N) is 3. The molecule has 0 radical (unpaired) electrons. The molecule has 3 nitrogen and oxygen atoms in total. The Labute approximate surface area is 364 Å². The number of benzene rings is 10. The van der Waals surface area contributed by atoms with E-state index in [2.05, 4.69) is 250 Å². The summed E-state index contributed by atoms with van der Waals surface area (Å²) in [6, 6.07) is 86.4. The summed E-state index contributed by atoms with van der Waals surface area (Å²) in [6.45, 7) is 0. The van der Waals surface area contributed by atoms with Gasteiger partial charge in [0.1, 0.15) is 0 Å². The van der Waals surface area contributed by atoms with Crippen molar-refractivity contribution in [3.8, 4) is 50.4 Å². The van der Waals surface area contributed by atoms with E-state index < -0.39 is 0 Å². The van der Waals surface area contributed by atoms with E-state index in [1.807, 2.05) is 0 Å². The molecule has 0 unspecified atom stereocenters. The summed E-state index contributed by atoms with van der Waals surface area (Å²) in [6.07, 6.45) is 0.